The van der Waals surface area contributed by atoms with E-state index in [-0.39, 0.29) is 11.8 Å². The van der Waals surface area contributed by atoms with E-state index in [0.29, 0.717) is 22.9 Å². The summed E-state index contributed by atoms with van der Waals surface area (Å²) in [5, 5.41) is 6.28. The van der Waals surface area contributed by atoms with Gasteiger partial charge in [-0.05, 0) is 30.7 Å². The normalized spacial score (nSPS) is 20.1. The van der Waals surface area contributed by atoms with Crippen molar-refractivity contribution in [1.29, 1.82) is 0 Å². The molecule has 2 N–H and O–H groups in total. The van der Waals surface area contributed by atoms with Crippen molar-refractivity contribution < 1.29 is 9.59 Å². The Kier molecular flexibility index (Phi) is 5.69. The Hall–Kier alpha value is -2.70. The highest BCUT2D eigenvalue weighted by Gasteiger charge is 2.32. The number of anilines is 1. The van der Waals surface area contributed by atoms with Gasteiger partial charge in [0.1, 0.15) is 0 Å². The number of nitrogens with zero attached hydrogens (tertiary/aromatic N) is 2. The average molecular weight is 378 g/mol. The number of carbonyl (C=O) groups is 2. The molecule has 0 saturated carbocycles. The molecule has 6 heteroatoms. The second-order valence-corrected chi connectivity index (χ2v) is 7.35. The van der Waals surface area contributed by atoms with Crippen molar-refractivity contribution in [3.63, 3.8) is 0 Å². The molecule has 2 fully saturated rings. The van der Waals surface area contributed by atoms with Crippen molar-refractivity contribution in [3.05, 3.63) is 65.7 Å². The molecule has 2 heterocycles. The van der Waals surface area contributed by atoms with Crippen LogP contribution in [0.15, 0.2) is 54.6 Å². The molecule has 6 nitrogen and oxygen atoms in total. The summed E-state index contributed by atoms with van der Waals surface area (Å²) < 4.78 is 0. The van der Waals surface area contributed by atoms with Crippen molar-refractivity contribution in [3.8, 4) is 0 Å². The van der Waals surface area contributed by atoms with E-state index in [1.54, 1.807) is 24.3 Å². The summed E-state index contributed by atoms with van der Waals surface area (Å²) in [6.07, 6.45) is 1.00. The van der Waals surface area contributed by atoms with Crippen LogP contribution in [0, 0.1) is 0 Å². The van der Waals surface area contributed by atoms with E-state index >= 15 is 0 Å². The second-order valence-electron chi connectivity index (χ2n) is 7.35. The summed E-state index contributed by atoms with van der Waals surface area (Å²) in [5.74, 6) is -0.220. The lowest BCUT2D eigenvalue weighted by atomic mass is 10.1. The van der Waals surface area contributed by atoms with Gasteiger partial charge in [0, 0.05) is 50.9 Å². The molecule has 2 amide bonds. The Morgan fingerprint density at radius 3 is 2.43 bits per heavy atom. The van der Waals surface area contributed by atoms with Gasteiger partial charge in [-0.25, -0.2) is 0 Å². The number of likely N-dealkylation sites (tertiary alicyclic amines) is 1. The fraction of sp³-hybridized carbons (Fsp3) is 0.364. The van der Waals surface area contributed by atoms with Crippen LogP contribution in [-0.4, -0.2) is 66.9 Å². The van der Waals surface area contributed by atoms with Gasteiger partial charge in [0.2, 0.25) is 0 Å². The van der Waals surface area contributed by atoms with Crippen LogP contribution in [0.25, 0.3) is 0 Å². The number of amides is 2. The summed E-state index contributed by atoms with van der Waals surface area (Å²) in [7, 11) is 0. The molecule has 1 unspecified atom stereocenters. The van der Waals surface area contributed by atoms with E-state index < -0.39 is 0 Å². The first-order valence-corrected chi connectivity index (χ1v) is 9.92. The summed E-state index contributed by atoms with van der Waals surface area (Å²) >= 11 is 0. The molecule has 2 aromatic rings. The number of piperazine rings is 1. The Morgan fingerprint density at radius 1 is 0.929 bits per heavy atom. The van der Waals surface area contributed by atoms with E-state index in [1.807, 2.05) is 35.2 Å². The molecule has 1 atom stereocenters. The molecular formula is C22H26N4O2. The predicted molar refractivity (Wildman–Crippen MR) is 110 cm³/mol. The van der Waals surface area contributed by atoms with Crippen LogP contribution in [0.4, 0.5) is 5.69 Å². The van der Waals surface area contributed by atoms with Gasteiger partial charge in [-0.2, -0.15) is 0 Å². The molecule has 4 rings (SSSR count). The monoisotopic (exact) mass is 378 g/mol. The van der Waals surface area contributed by atoms with Gasteiger partial charge in [0.25, 0.3) is 11.8 Å². The number of carbonyl (C=O) groups excluding carboxylic acids is 2. The average Bonchev–Trinajstić information content (AvgIpc) is 3.25. The van der Waals surface area contributed by atoms with Gasteiger partial charge in [0.05, 0.1) is 11.3 Å². The first kappa shape index (κ1) is 18.7. The lowest BCUT2D eigenvalue weighted by Gasteiger charge is -2.32. The van der Waals surface area contributed by atoms with Gasteiger partial charge in [-0.15, -0.1) is 0 Å². The first-order chi connectivity index (χ1) is 13.7. The van der Waals surface area contributed by atoms with E-state index in [2.05, 4.69) is 15.5 Å². The molecule has 28 heavy (non-hydrogen) atoms. The van der Waals surface area contributed by atoms with Gasteiger partial charge in [0.15, 0.2) is 0 Å². The standard InChI is InChI=1S/C22H26N4O2/c27-21(17-6-2-1-3-7-17)24-20-9-5-4-8-19(20)22(28)26-13-10-18(16-26)25-14-11-23-12-15-25/h1-9,18,23H,10-16H2,(H,24,27). The largest absolute Gasteiger partial charge is 0.337 e. The Labute approximate surface area is 165 Å². The third-order valence-electron chi connectivity index (χ3n) is 5.56. The number of benzene rings is 2. The van der Waals surface area contributed by atoms with Crippen molar-refractivity contribution in [2.45, 2.75) is 12.5 Å². The molecule has 0 bridgehead atoms. The molecule has 2 aliphatic rings. The van der Waals surface area contributed by atoms with Crippen LogP contribution in [-0.2, 0) is 0 Å². The van der Waals surface area contributed by atoms with Gasteiger partial charge < -0.3 is 15.5 Å². The van der Waals surface area contributed by atoms with E-state index in [1.165, 1.54) is 0 Å². The topological polar surface area (TPSA) is 64.7 Å². The zero-order chi connectivity index (χ0) is 19.3. The lowest BCUT2D eigenvalue weighted by molar-refractivity contribution is 0.0774. The van der Waals surface area contributed by atoms with Crippen LogP contribution in [0.1, 0.15) is 27.1 Å². The third-order valence-corrected chi connectivity index (χ3v) is 5.56. The third kappa shape index (κ3) is 4.08. The number of nitrogens with one attached hydrogen (secondary N) is 2. The first-order valence-electron chi connectivity index (χ1n) is 9.92. The van der Waals surface area contributed by atoms with E-state index in [4.69, 9.17) is 0 Å². The van der Waals surface area contributed by atoms with Crippen molar-refractivity contribution >= 4 is 17.5 Å². The maximum absolute atomic E-state index is 13.2. The summed E-state index contributed by atoms with van der Waals surface area (Å²) in [5.41, 5.74) is 1.68. The van der Waals surface area contributed by atoms with Crippen molar-refractivity contribution in [2.75, 3.05) is 44.6 Å². The molecule has 0 radical (unpaired) electrons. The van der Waals surface area contributed by atoms with Gasteiger partial charge in [-0.1, -0.05) is 30.3 Å². The van der Waals surface area contributed by atoms with E-state index in [0.717, 1.165) is 45.7 Å². The fourth-order valence-corrected chi connectivity index (χ4v) is 4.00. The highest BCUT2D eigenvalue weighted by atomic mass is 16.2. The number of hydrogen-bond acceptors (Lipinski definition) is 4. The number of hydrogen-bond donors (Lipinski definition) is 2. The van der Waals surface area contributed by atoms with Crippen LogP contribution < -0.4 is 10.6 Å². The molecule has 0 spiro atoms. The number of rotatable bonds is 4. The molecular weight excluding hydrogens is 352 g/mol. The summed E-state index contributed by atoms with van der Waals surface area (Å²) in [6, 6.07) is 16.7. The van der Waals surface area contributed by atoms with Crippen LogP contribution >= 0.6 is 0 Å². The molecule has 0 aromatic heterocycles. The summed E-state index contributed by atoms with van der Waals surface area (Å²) in [4.78, 5) is 30.1. The lowest BCUT2D eigenvalue weighted by Crippen LogP contribution is -2.49. The Balaban J connectivity index is 1.45. The van der Waals surface area contributed by atoms with Crippen LogP contribution in [0.2, 0.25) is 0 Å². The fourth-order valence-electron chi connectivity index (χ4n) is 4.00. The SMILES string of the molecule is O=C(Nc1ccccc1C(=O)N1CCC(N2CCNCC2)C1)c1ccccc1. The molecule has 146 valence electrons. The zero-order valence-corrected chi connectivity index (χ0v) is 15.9. The minimum absolute atomic E-state index is 0.0124. The highest BCUT2D eigenvalue weighted by Crippen LogP contribution is 2.23. The molecule has 2 saturated heterocycles. The minimum Gasteiger partial charge on any atom is -0.337 e. The quantitative estimate of drug-likeness (QED) is 0.855. The Bertz CT molecular complexity index is 833. The Morgan fingerprint density at radius 2 is 1.64 bits per heavy atom. The molecule has 2 aromatic carbocycles. The van der Waals surface area contributed by atoms with Gasteiger partial charge >= 0.3 is 0 Å². The highest BCUT2D eigenvalue weighted by molar-refractivity contribution is 6.09. The van der Waals surface area contributed by atoms with Crippen molar-refractivity contribution in [2.24, 2.45) is 0 Å². The van der Waals surface area contributed by atoms with E-state index in [9.17, 15) is 9.59 Å². The predicted octanol–water partition coefficient (Wildman–Crippen LogP) is 2.06. The second kappa shape index (κ2) is 8.54. The number of para-hydroxylation sites is 1. The van der Waals surface area contributed by atoms with Crippen molar-refractivity contribution in [1.82, 2.24) is 15.1 Å². The smallest absolute Gasteiger partial charge is 0.256 e. The minimum atomic E-state index is -0.207. The van der Waals surface area contributed by atoms with Gasteiger partial charge in [-0.3, -0.25) is 14.5 Å². The maximum atomic E-state index is 13.2. The van der Waals surface area contributed by atoms with Crippen LogP contribution in [0.3, 0.4) is 0 Å². The maximum Gasteiger partial charge on any atom is 0.256 e. The van der Waals surface area contributed by atoms with Crippen LogP contribution in [0.5, 0.6) is 0 Å². The molecule has 2 aliphatic heterocycles. The summed E-state index contributed by atoms with van der Waals surface area (Å²) in [6.45, 7) is 5.61. The zero-order valence-electron chi connectivity index (χ0n) is 15.9. The molecule has 0 aliphatic carbocycles.